The van der Waals surface area contributed by atoms with Gasteiger partial charge in [-0.05, 0) is 81.1 Å². The minimum absolute atomic E-state index is 0.144. The number of ether oxygens (including phenoxy) is 2. The van der Waals surface area contributed by atoms with Crippen molar-refractivity contribution in [3.8, 4) is 0 Å². The third kappa shape index (κ3) is 1.71. The first-order valence-corrected chi connectivity index (χ1v) is 10.4. The van der Waals surface area contributed by atoms with Crippen LogP contribution in [-0.2, 0) is 14.3 Å². The maximum atomic E-state index is 13.4. The number of carbonyl (C=O) groups excluding carboxylic acids is 1. The van der Waals surface area contributed by atoms with Gasteiger partial charge in [-0.25, -0.2) is 0 Å². The Morgan fingerprint density at radius 1 is 1.27 bits per heavy atom. The Hall–Kier alpha value is -0.710. The lowest BCUT2D eigenvalue weighted by molar-refractivity contribution is -0.350. The topological polar surface area (TPSA) is 55.8 Å². The summed E-state index contributed by atoms with van der Waals surface area (Å²) in [5.74, 6) is 1.28. The highest BCUT2D eigenvalue weighted by Crippen LogP contribution is 2.72. The Morgan fingerprint density at radius 2 is 2.04 bits per heavy atom. The highest BCUT2D eigenvalue weighted by molar-refractivity contribution is 6.02. The molecule has 7 rings (SSSR count). The largest absolute Gasteiger partial charge is 0.392 e. The van der Waals surface area contributed by atoms with Gasteiger partial charge < -0.3 is 14.6 Å². The first-order valence-electron chi connectivity index (χ1n) is 10.4. The van der Waals surface area contributed by atoms with Crippen molar-refractivity contribution in [3.05, 3.63) is 12.2 Å². The number of rotatable bonds is 1. The van der Waals surface area contributed by atoms with Crippen LogP contribution >= 0.6 is 0 Å². The Bertz CT molecular complexity index is 673. The second kappa shape index (κ2) is 5.21. The molecule has 26 heavy (non-hydrogen) atoms. The molecule has 0 aromatic carbocycles. The molecule has 9 unspecified atom stereocenters. The van der Waals surface area contributed by atoms with E-state index < -0.39 is 11.5 Å². The molecule has 0 amide bonds. The monoisotopic (exact) mass is 360 g/mol. The molecule has 4 heteroatoms. The Kier molecular flexibility index (Phi) is 3.48. The van der Waals surface area contributed by atoms with Crippen LogP contribution < -0.4 is 0 Å². The van der Waals surface area contributed by atoms with Crippen LogP contribution in [0.5, 0.6) is 0 Å². The fourth-order valence-electron chi connectivity index (χ4n) is 8.12. The van der Waals surface area contributed by atoms with E-state index in [1.54, 1.807) is 7.11 Å². The van der Waals surface area contributed by atoms with Gasteiger partial charge in [-0.3, -0.25) is 4.79 Å². The molecule has 2 spiro atoms. The molecule has 2 saturated heterocycles. The van der Waals surface area contributed by atoms with Gasteiger partial charge in [0.1, 0.15) is 0 Å². The number of allylic oxidation sites excluding steroid dienone is 1. The summed E-state index contributed by atoms with van der Waals surface area (Å²) in [6.45, 7) is 8.63. The van der Waals surface area contributed by atoms with Crippen LogP contribution in [0.1, 0.15) is 58.8 Å². The molecule has 0 aromatic heterocycles. The lowest BCUT2D eigenvalue weighted by atomic mass is 9.37. The number of fused-ring (bicyclic) bond motifs is 5. The molecule has 2 heterocycles. The van der Waals surface area contributed by atoms with E-state index in [4.69, 9.17) is 9.47 Å². The zero-order chi connectivity index (χ0) is 18.5. The molecule has 0 aromatic rings. The molecule has 4 bridgehead atoms. The van der Waals surface area contributed by atoms with Gasteiger partial charge in [0.05, 0.1) is 17.1 Å². The molecule has 2 aliphatic heterocycles. The Balaban J connectivity index is 1.71. The summed E-state index contributed by atoms with van der Waals surface area (Å²) in [5.41, 5.74) is -0.242. The lowest BCUT2D eigenvalue weighted by Crippen LogP contribution is -2.72. The number of carbonyl (C=O) groups is 1. The zero-order valence-electron chi connectivity index (χ0n) is 16.3. The Morgan fingerprint density at radius 3 is 2.77 bits per heavy atom. The second-order valence-electron chi connectivity index (χ2n) is 10.0. The summed E-state index contributed by atoms with van der Waals surface area (Å²) >= 11 is 0. The van der Waals surface area contributed by atoms with E-state index in [1.165, 1.54) is 0 Å². The van der Waals surface area contributed by atoms with E-state index in [0.29, 0.717) is 18.3 Å². The number of Topliss-reactive ketones (excluding diaryl/α,β-unsaturated/α-hetero) is 1. The van der Waals surface area contributed by atoms with E-state index in [9.17, 15) is 9.90 Å². The molecule has 1 N–H and O–H groups in total. The first kappa shape index (κ1) is 17.4. The molecule has 144 valence electrons. The maximum absolute atomic E-state index is 13.4. The van der Waals surface area contributed by atoms with Gasteiger partial charge in [-0.2, -0.15) is 0 Å². The van der Waals surface area contributed by atoms with Crippen LogP contribution in [0.25, 0.3) is 0 Å². The fourth-order valence-corrected chi connectivity index (χ4v) is 8.12. The molecule has 5 saturated carbocycles. The van der Waals surface area contributed by atoms with Crippen LogP contribution in [0.3, 0.4) is 0 Å². The Labute approximate surface area is 156 Å². The van der Waals surface area contributed by atoms with Crippen molar-refractivity contribution in [2.75, 3.05) is 7.11 Å². The van der Waals surface area contributed by atoms with E-state index >= 15 is 0 Å². The quantitative estimate of drug-likeness (QED) is 0.728. The minimum Gasteiger partial charge on any atom is -0.392 e. The standard InChI is InChI=1S/C22H32O4/c1-12-14-6-9-22(18(12)24)16(10-14)21-8-5-7-20(3,26-19(21)25-4)13(2)15(21)11-17(22)23/h13-17,19,23H,1,5-11H2,2-4H3. The van der Waals surface area contributed by atoms with Crippen molar-refractivity contribution in [1.29, 1.82) is 0 Å². The number of aliphatic hydroxyl groups is 1. The number of ketones is 1. The predicted octanol–water partition coefficient (Wildman–Crippen LogP) is 3.48. The number of aliphatic hydroxyl groups excluding tert-OH is 1. The van der Waals surface area contributed by atoms with Crippen LogP contribution in [-0.4, -0.2) is 36.0 Å². The summed E-state index contributed by atoms with van der Waals surface area (Å²) in [5, 5.41) is 11.3. The van der Waals surface area contributed by atoms with Crippen LogP contribution in [0.15, 0.2) is 12.2 Å². The lowest BCUT2D eigenvalue weighted by Gasteiger charge is -2.69. The zero-order valence-corrected chi connectivity index (χ0v) is 16.3. The fraction of sp³-hybridized carbons (Fsp3) is 0.864. The summed E-state index contributed by atoms with van der Waals surface area (Å²) in [6, 6.07) is 0. The van der Waals surface area contributed by atoms with Gasteiger partial charge in [-0.15, -0.1) is 0 Å². The number of hydrogen-bond donors (Lipinski definition) is 1. The van der Waals surface area contributed by atoms with E-state index in [-0.39, 0.29) is 34.9 Å². The predicted molar refractivity (Wildman–Crippen MR) is 97.3 cm³/mol. The smallest absolute Gasteiger partial charge is 0.167 e. The van der Waals surface area contributed by atoms with Gasteiger partial charge >= 0.3 is 0 Å². The summed E-state index contributed by atoms with van der Waals surface area (Å²) in [6.07, 6.45) is 5.81. The minimum atomic E-state index is -0.653. The van der Waals surface area contributed by atoms with Crippen molar-refractivity contribution in [2.24, 2.45) is 34.5 Å². The van der Waals surface area contributed by atoms with E-state index in [2.05, 4.69) is 20.4 Å². The van der Waals surface area contributed by atoms with Crippen molar-refractivity contribution in [3.63, 3.8) is 0 Å². The molecule has 0 radical (unpaired) electrons. The molecule has 7 fully saturated rings. The molecule has 9 atom stereocenters. The molecule has 5 aliphatic carbocycles. The SMILES string of the molecule is C=C1C(=O)C23CCC1CC2C12CCCC(C)(OC1OC)C(C)C2CC3O. The molecular weight excluding hydrogens is 328 g/mol. The van der Waals surface area contributed by atoms with E-state index in [0.717, 1.165) is 44.1 Å². The molecular formula is C22H32O4. The van der Waals surface area contributed by atoms with Crippen molar-refractivity contribution in [1.82, 2.24) is 0 Å². The van der Waals surface area contributed by atoms with Crippen LogP contribution in [0.4, 0.5) is 0 Å². The summed E-state index contributed by atoms with van der Waals surface area (Å²) in [4.78, 5) is 13.4. The second-order valence-corrected chi connectivity index (χ2v) is 10.0. The average Bonchev–Trinajstić information content (AvgIpc) is 2.85. The first-order chi connectivity index (χ1) is 12.3. The van der Waals surface area contributed by atoms with Gasteiger partial charge in [0, 0.05) is 12.5 Å². The highest BCUT2D eigenvalue weighted by atomic mass is 16.7. The third-order valence-electron chi connectivity index (χ3n) is 9.55. The van der Waals surface area contributed by atoms with Crippen molar-refractivity contribution in [2.45, 2.75) is 76.8 Å². The number of methoxy groups -OCH3 is 1. The van der Waals surface area contributed by atoms with Crippen LogP contribution in [0, 0.1) is 34.5 Å². The number of hydrogen-bond acceptors (Lipinski definition) is 4. The van der Waals surface area contributed by atoms with Gasteiger partial charge in [0.25, 0.3) is 0 Å². The maximum Gasteiger partial charge on any atom is 0.167 e. The summed E-state index contributed by atoms with van der Waals surface area (Å²) < 4.78 is 12.6. The summed E-state index contributed by atoms with van der Waals surface area (Å²) in [7, 11) is 1.75. The van der Waals surface area contributed by atoms with Gasteiger partial charge in [0.2, 0.25) is 0 Å². The highest BCUT2D eigenvalue weighted by Gasteiger charge is 2.74. The van der Waals surface area contributed by atoms with Gasteiger partial charge in [0.15, 0.2) is 12.1 Å². The van der Waals surface area contributed by atoms with E-state index in [1.807, 2.05) is 0 Å². The molecule has 4 nitrogen and oxygen atoms in total. The average molecular weight is 360 g/mol. The van der Waals surface area contributed by atoms with Crippen molar-refractivity contribution >= 4 is 5.78 Å². The van der Waals surface area contributed by atoms with Crippen molar-refractivity contribution < 1.29 is 19.4 Å². The molecule has 7 aliphatic rings. The van der Waals surface area contributed by atoms with Gasteiger partial charge in [-0.1, -0.05) is 13.5 Å². The van der Waals surface area contributed by atoms with Crippen LogP contribution in [0.2, 0.25) is 0 Å². The normalized spacial score (nSPS) is 58.3. The third-order valence-corrected chi connectivity index (χ3v) is 9.55.